The molecule has 3 aromatic rings. The van der Waals surface area contributed by atoms with Crippen molar-refractivity contribution in [1.29, 1.82) is 0 Å². The molecule has 3 heterocycles. The average Bonchev–Trinajstić information content (AvgIpc) is 3.10. The number of likely N-dealkylation sites (tertiary alicyclic amines) is 1. The first-order valence-corrected chi connectivity index (χ1v) is 9.87. The van der Waals surface area contributed by atoms with Crippen LogP contribution in [-0.2, 0) is 0 Å². The van der Waals surface area contributed by atoms with Crippen LogP contribution in [0.3, 0.4) is 0 Å². The van der Waals surface area contributed by atoms with Gasteiger partial charge in [0.1, 0.15) is 5.65 Å². The van der Waals surface area contributed by atoms with Crippen molar-refractivity contribution in [3.8, 4) is 0 Å². The van der Waals surface area contributed by atoms with E-state index in [9.17, 15) is 9.59 Å². The summed E-state index contributed by atoms with van der Waals surface area (Å²) in [5.41, 5.74) is 3.73. The number of ketones is 1. The summed E-state index contributed by atoms with van der Waals surface area (Å²) in [4.78, 5) is 30.9. The van der Waals surface area contributed by atoms with Gasteiger partial charge in [-0.2, -0.15) is 9.61 Å². The molecule has 1 aliphatic rings. The Morgan fingerprint density at radius 1 is 1.25 bits per heavy atom. The lowest BCUT2D eigenvalue weighted by molar-refractivity contribution is 0.0725. The molecule has 1 saturated heterocycles. The number of aromatic amines is 1. The van der Waals surface area contributed by atoms with Crippen molar-refractivity contribution in [2.24, 2.45) is 5.92 Å². The maximum atomic E-state index is 12.8. The molecule has 146 valence electrons. The van der Waals surface area contributed by atoms with Gasteiger partial charge in [0.25, 0.3) is 5.56 Å². The smallest absolute Gasteiger partial charge is 0.277 e. The Morgan fingerprint density at radius 2 is 2.00 bits per heavy atom. The molecule has 0 amide bonds. The van der Waals surface area contributed by atoms with Crippen LogP contribution in [0.25, 0.3) is 5.65 Å². The number of aromatic nitrogens is 3. The molecule has 1 aliphatic heterocycles. The van der Waals surface area contributed by atoms with Gasteiger partial charge in [-0.15, -0.1) is 0 Å². The van der Waals surface area contributed by atoms with Crippen molar-refractivity contribution >= 4 is 11.4 Å². The zero-order valence-corrected chi connectivity index (χ0v) is 16.6. The lowest BCUT2D eigenvalue weighted by atomic mass is 9.88. The number of Topliss-reactive ketones (excluding diaryl/α,β-unsaturated/α-hetero) is 1. The van der Waals surface area contributed by atoms with Crippen LogP contribution in [-0.4, -0.2) is 38.4 Å². The summed E-state index contributed by atoms with van der Waals surface area (Å²) in [6.07, 6.45) is 2.14. The average molecular weight is 378 g/mol. The first-order chi connectivity index (χ1) is 13.5. The van der Waals surface area contributed by atoms with Crippen LogP contribution in [0.1, 0.15) is 53.1 Å². The monoisotopic (exact) mass is 378 g/mol. The van der Waals surface area contributed by atoms with Crippen molar-refractivity contribution in [1.82, 2.24) is 19.5 Å². The van der Waals surface area contributed by atoms with E-state index in [1.165, 1.54) is 4.52 Å². The first-order valence-electron chi connectivity index (χ1n) is 9.87. The Bertz CT molecular complexity index is 1070. The van der Waals surface area contributed by atoms with Gasteiger partial charge in [-0.1, -0.05) is 37.3 Å². The third kappa shape index (κ3) is 3.29. The minimum atomic E-state index is -0.0899. The summed E-state index contributed by atoms with van der Waals surface area (Å²) >= 11 is 0. The number of hydrogen-bond acceptors (Lipinski definition) is 4. The van der Waals surface area contributed by atoms with Crippen molar-refractivity contribution in [2.75, 3.05) is 13.1 Å². The molecule has 0 spiro atoms. The number of fused-ring (bicyclic) bond motifs is 1. The van der Waals surface area contributed by atoms with Gasteiger partial charge >= 0.3 is 0 Å². The number of benzene rings is 1. The van der Waals surface area contributed by atoms with Gasteiger partial charge in [0.2, 0.25) is 0 Å². The second-order valence-electron chi connectivity index (χ2n) is 7.87. The van der Waals surface area contributed by atoms with Gasteiger partial charge in [-0.25, -0.2) is 0 Å². The summed E-state index contributed by atoms with van der Waals surface area (Å²) in [6, 6.07) is 11.4. The second-order valence-corrected chi connectivity index (χ2v) is 7.87. The van der Waals surface area contributed by atoms with Crippen LogP contribution in [0.4, 0.5) is 0 Å². The van der Waals surface area contributed by atoms with Crippen molar-refractivity contribution in [3.63, 3.8) is 0 Å². The molecule has 1 aromatic carbocycles. The van der Waals surface area contributed by atoms with E-state index in [2.05, 4.69) is 21.9 Å². The normalized spacial score (nSPS) is 20.5. The second kappa shape index (κ2) is 7.36. The fourth-order valence-electron chi connectivity index (χ4n) is 4.22. The summed E-state index contributed by atoms with van der Waals surface area (Å²) in [5, 5.41) is 4.64. The number of aryl methyl sites for hydroxylation is 1. The summed E-state index contributed by atoms with van der Waals surface area (Å²) < 4.78 is 1.45. The number of nitrogens with one attached hydrogen (secondary N) is 1. The number of carbonyl (C=O) groups is 1. The van der Waals surface area contributed by atoms with Gasteiger partial charge in [-0.05, 0) is 39.2 Å². The van der Waals surface area contributed by atoms with Gasteiger partial charge in [0.05, 0.1) is 18.3 Å². The molecule has 2 atom stereocenters. The summed E-state index contributed by atoms with van der Waals surface area (Å²) in [5.74, 6) is 0.478. The SMILES string of the molecule is Cc1[nH]c2cc(C3C(C)CCCN3CC(=O)c3ccccc3)nn2c(=O)c1C. The third-order valence-electron chi connectivity index (χ3n) is 5.90. The molecular weight excluding hydrogens is 352 g/mol. The Hall–Kier alpha value is -2.73. The van der Waals surface area contributed by atoms with Crippen LogP contribution in [0.2, 0.25) is 0 Å². The zero-order chi connectivity index (χ0) is 19.8. The molecule has 0 aliphatic carbocycles. The van der Waals surface area contributed by atoms with E-state index in [0.29, 0.717) is 23.7 Å². The molecule has 6 heteroatoms. The van der Waals surface area contributed by atoms with Crippen molar-refractivity contribution in [3.05, 3.63) is 69.3 Å². The van der Waals surface area contributed by atoms with E-state index < -0.39 is 0 Å². The molecule has 2 aromatic heterocycles. The van der Waals surface area contributed by atoms with Gasteiger partial charge in [0.15, 0.2) is 5.78 Å². The molecule has 4 rings (SSSR count). The number of rotatable bonds is 4. The number of H-pyrrole nitrogens is 1. The first kappa shape index (κ1) is 18.6. The Morgan fingerprint density at radius 3 is 2.75 bits per heavy atom. The Kier molecular flexibility index (Phi) is 4.89. The Labute approximate surface area is 164 Å². The van der Waals surface area contributed by atoms with E-state index in [0.717, 1.165) is 36.3 Å². The van der Waals surface area contributed by atoms with Crippen LogP contribution in [0.5, 0.6) is 0 Å². The molecule has 0 radical (unpaired) electrons. The van der Waals surface area contributed by atoms with Crippen molar-refractivity contribution < 1.29 is 4.79 Å². The van der Waals surface area contributed by atoms with Crippen LogP contribution in [0, 0.1) is 19.8 Å². The highest BCUT2D eigenvalue weighted by Gasteiger charge is 2.33. The number of hydrogen-bond donors (Lipinski definition) is 1. The molecular formula is C22H26N4O2. The molecule has 28 heavy (non-hydrogen) atoms. The molecule has 0 bridgehead atoms. The maximum Gasteiger partial charge on any atom is 0.277 e. The lowest BCUT2D eigenvalue weighted by Crippen LogP contribution is -2.41. The minimum absolute atomic E-state index is 0.0229. The Balaban J connectivity index is 1.69. The summed E-state index contributed by atoms with van der Waals surface area (Å²) in [6.45, 7) is 7.12. The molecule has 1 N–H and O–H groups in total. The van der Waals surface area contributed by atoms with E-state index in [4.69, 9.17) is 0 Å². The van der Waals surface area contributed by atoms with Crippen molar-refractivity contribution in [2.45, 2.75) is 39.7 Å². The maximum absolute atomic E-state index is 12.8. The van der Waals surface area contributed by atoms with Crippen LogP contribution < -0.4 is 5.56 Å². The molecule has 6 nitrogen and oxygen atoms in total. The fraction of sp³-hybridized carbons (Fsp3) is 0.409. The number of carbonyl (C=O) groups excluding carboxylic acids is 1. The van der Waals surface area contributed by atoms with E-state index in [1.807, 2.05) is 50.2 Å². The molecule has 2 unspecified atom stereocenters. The minimum Gasteiger partial charge on any atom is -0.343 e. The topological polar surface area (TPSA) is 70.5 Å². The number of piperidine rings is 1. The predicted octanol–water partition coefficient (Wildman–Crippen LogP) is 3.30. The highest BCUT2D eigenvalue weighted by atomic mass is 16.1. The molecule has 0 saturated carbocycles. The van der Waals surface area contributed by atoms with E-state index in [1.54, 1.807) is 0 Å². The fourth-order valence-corrected chi connectivity index (χ4v) is 4.22. The lowest BCUT2D eigenvalue weighted by Gasteiger charge is -2.38. The summed E-state index contributed by atoms with van der Waals surface area (Å²) in [7, 11) is 0. The molecule has 1 fully saturated rings. The quantitative estimate of drug-likeness (QED) is 0.707. The van der Waals surface area contributed by atoms with Crippen LogP contribution in [0.15, 0.2) is 41.2 Å². The van der Waals surface area contributed by atoms with Gasteiger partial charge in [-0.3, -0.25) is 14.5 Å². The van der Waals surface area contributed by atoms with Gasteiger partial charge in [0, 0.05) is 22.9 Å². The largest absolute Gasteiger partial charge is 0.343 e. The highest BCUT2D eigenvalue weighted by Crippen LogP contribution is 2.35. The standard InChI is InChI=1S/C22H26N4O2/c1-14-8-7-11-25(13-19(27)17-9-5-4-6-10-17)21(14)18-12-20-23-16(3)15(2)22(28)26(20)24-18/h4-6,9-10,12,14,21,23H,7-8,11,13H2,1-3H3. The van der Waals surface area contributed by atoms with E-state index in [-0.39, 0.29) is 17.4 Å². The highest BCUT2D eigenvalue weighted by molar-refractivity contribution is 5.97. The van der Waals surface area contributed by atoms with E-state index >= 15 is 0 Å². The number of nitrogens with zero attached hydrogens (tertiary/aromatic N) is 3. The predicted molar refractivity (Wildman–Crippen MR) is 109 cm³/mol. The van der Waals surface area contributed by atoms with Gasteiger partial charge < -0.3 is 4.98 Å². The zero-order valence-electron chi connectivity index (χ0n) is 16.6. The third-order valence-corrected chi connectivity index (χ3v) is 5.90. The van der Waals surface area contributed by atoms with Crippen LogP contribution >= 0.6 is 0 Å².